The van der Waals surface area contributed by atoms with Gasteiger partial charge in [-0.05, 0) is 37.8 Å². The van der Waals surface area contributed by atoms with Gasteiger partial charge >= 0.3 is 0 Å². The molecule has 0 unspecified atom stereocenters. The van der Waals surface area contributed by atoms with Crippen LogP contribution in [-0.2, 0) is 15.1 Å². The van der Waals surface area contributed by atoms with Gasteiger partial charge in [0.25, 0.3) is 5.91 Å². The van der Waals surface area contributed by atoms with E-state index in [0.717, 1.165) is 30.2 Å². The van der Waals surface area contributed by atoms with E-state index in [2.05, 4.69) is 21.7 Å². The van der Waals surface area contributed by atoms with Crippen LogP contribution in [0.1, 0.15) is 60.5 Å². The average Bonchev–Trinajstić information content (AvgIpc) is 3.27. The van der Waals surface area contributed by atoms with Gasteiger partial charge in [-0.2, -0.15) is 5.26 Å². The predicted octanol–water partition coefficient (Wildman–Crippen LogP) is 3.38. The number of fused-ring (bicyclic) bond motifs is 1. The second kappa shape index (κ2) is 8.40. The number of nitrogens with one attached hydrogen (secondary N) is 2. The summed E-state index contributed by atoms with van der Waals surface area (Å²) >= 11 is 1.38. The zero-order valence-corrected chi connectivity index (χ0v) is 20.5. The van der Waals surface area contributed by atoms with E-state index in [0.29, 0.717) is 42.0 Å². The van der Waals surface area contributed by atoms with Crippen LogP contribution >= 0.6 is 11.3 Å². The fraction of sp³-hybridized carbons (Fsp3) is 0.462. The quantitative estimate of drug-likeness (QED) is 0.466. The Hall–Kier alpha value is -3.26. The first-order valence-corrected chi connectivity index (χ1v) is 13.1. The van der Waals surface area contributed by atoms with Crippen LogP contribution in [0.2, 0.25) is 0 Å². The molecule has 10 heteroatoms. The van der Waals surface area contributed by atoms with Gasteiger partial charge in [0.05, 0.1) is 25.0 Å². The molecule has 1 aromatic carbocycles. The van der Waals surface area contributed by atoms with Crippen LogP contribution in [0.5, 0.6) is 0 Å². The van der Waals surface area contributed by atoms with E-state index in [1.54, 1.807) is 6.07 Å². The number of nitrogens with zero attached hydrogens (tertiary/aromatic N) is 2. The highest BCUT2D eigenvalue weighted by molar-refractivity contribution is 7.10. The van der Waals surface area contributed by atoms with Gasteiger partial charge in [-0.1, -0.05) is 31.4 Å². The molecule has 1 saturated heterocycles. The van der Waals surface area contributed by atoms with E-state index in [1.165, 1.54) is 11.3 Å². The molecule has 2 saturated carbocycles. The molecule has 3 fully saturated rings. The van der Waals surface area contributed by atoms with E-state index < -0.39 is 22.6 Å². The van der Waals surface area contributed by atoms with E-state index in [4.69, 9.17) is 9.15 Å². The van der Waals surface area contributed by atoms with Crippen LogP contribution in [-0.4, -0.2) is 46.2 Å². The van der Waals surface area contributed by atoms with Gasteiger partial charge < -0.3 is 24.9 Å². The highest BCUT2D eigenvalue weighted by atomic mass is 32.1. The molecule has 2 aromatic heterocycles. The number of furan rings is 1. The van der Waals surface area contributed by atoms with Crippen LogP contribution in [0.4, 0.5) is 0 Å². The zero-order valence-electron chi connectivity index (χ0n) is 19.6. The summed E-state index contributed by atoms with van der Waals surface area (Å²) in [6.45, 7) is 0.485. The second-order valence-corrected chi connectivity index (χ2v) is 11.0. The monoisotopic (exact) mass is 506 g/mol. The van der Waals surface area contributed by atoms with Crippen LogP contribution in [0.25, 0.3) is 22.2 Å². The number of hydrogen-bond donors (Lipinski definition) is 3. The van der Waals surface area contributed by atoms with Crippen molar-refractivity contribution in [3.8, 4) is 17.3 Å². The SMILES string of the molecule is N#CC1(NC(=O)C2(NC(=O)c3cc4ccc(-c5csc(C6(O)COC6)n5)cc4o3)CCCCC2)CC1. The maximum atomic E-state index is 13.3. The molecule has 2 amide bonds. The maximum Gasteiger partial charge on any atom is 0.287 e. The minimum absolute atomic E-state index is 0.126. The third-order valence-corrected chi connectivity index (χ3v) is 8.47. The summed E-state index contributed by atoms with van der Waals surface area (Å²) in [6, 6.07) is 9.43. The molecule has 3 N–H and O–H groups in total. The Morgan fingerprint density at radius 1 is 1.08 bits per heavy atom. The summed E-state index contributed by atoms with van der Waals surface area (Å²) in [7, 11) is 0. The van der Waals surface area contributed by atoms with Crippen molar-refractivity contribution in [3.63, 3.8) is 0 Å². The molecule has 3 heterocycles. The van der Waals surface area contributed by atoms with E-state index in [1.807, 2.05) is 23.6 Å². The summed E-state index contributed by atoms with van der Waals surface area (Å²) in [4.78, 5) is 31.1. The van der Waals surface area contributed by atoms with Crippen molar-refractivity contribution in [2.24, 2.45) is 0 Å². The number of benzene rings is 1. The molecule has 1 aliphatic heterocycles. The Morgan fingerprint density at radius 3 is 2.53 bits per heavy atom. The summed E-state index contributed by atoms with van der Waals surface area (Å²) in [6.07, 6.45) is 4.99. The first-order valence-electron chi connectivity index (χ1n) is 12.2. The van der Waals surface area contributed by atoms with Gasteiger partial charge in [-0.25, -0.2) is 4.98 Å². The third-order valence-electron chi connectivity index (χ3n) is 7.43. The molecule has 9 nitrogen and oxygen atoms in total. The van der Waals surface area contributed by atoms with Crippen LogP contribution in [0, 0.1) is 11.3 Å². The highest BCUT2D eigenvalue weighted by Crippen LogP contribution is 2.38. The van der Waals surface area contributed by atoms with Crippen molar-refractivity contribution in [1.29, 1.82) is 5.26 Å². The summed E-state index contributed by atoms with van der Waals surface area (Å²) in [5, 5.41) is 29.0. The normalized spacial score (nSPS) is 21.2. The minimum Gasteiger partial charge on any atom is -0.451 e. The van der Waals surface area contributed by atoms with Gasteiger partial charge in [0, 0.05) is 16.3 Å². The van der Waals surface area contributed by atoms with E-state index in [-0.39, 0.29) is 24.9 Å². The lowest BCUT2D eigenvalue weighted by Gasteiger charge is -2.37. The summed E-state index contributed by atoms with van der Waals surface area (Å²) in [5.74, 6) is -0.609. The van der Waals surface area contributed by atoms with Crippen molar-refractivity contribution in [2.75, 3.05) is 13.2 Å². The van der Waals surface area contributed by atoms with Gasteiger partial charge in [-0.15, -0.1) is 11.3 Å². The van der Waals surface area contributed by atoms with E-state index >= 15 is 0 Å². The number of amides is 2. The van der Waals surface area contributed by atoms with E-state index in [9.17, 15) is 20.0 Å². The second-order valence-electron chi connectivity index (χ2n) is 10.2. The van der Waals surface area contributed by atoms with Gasteiger partial charge in [-0.3, -0.25) is 9.59 Å². The number of aromatic nitrogens is 1. The number of aliphatic hydroxyl groups is 1. The van der Waals surface area contributed by atoms with Crippen molar-refractivity contribution in [1.82, 2.24) is 15.6 Å². The molecular weight excluding hydrogens is 480 g/mol. The molecule has 3 aromatic rings. The molecule has 6 rings (SSSR count). The van der Waals surface area contributed by atoms with Gasteiger partial charge in [0.15, 0.2) is 11.4 Å². The Kier molecular flexibility index (Phi) is 5.41. The molecule has 3 aliphatic rings. The van der Waals surface area contributed by atoms with Crippen molar-refractivity contribution in [2.45, 2.75) is 61.6 Å². The predicted molar refractivity (Wildman–Crippen MR) is 131 cm³/mol. The Labute approximate surface area is 211 Å². The molecular formula is C26H26N4O5S. The van der Waals surface area contributed by atoms with Crippen LogP contribution in [0.15, 0.2) is 34.1 Å². The molecule has 186 valence electrons. The third kappa shape index (κ3) is 3.97. The molecule has 2 aliphatic carbocycles. The number of thiazole rings is 1. The smallest absolute Gasteiger partial charge is 0.287 e. The lowest BCUT2D eigenvalue weighted by atomic mass is 9.80. The summed E-state index contributed by atoms with van der Waals surface area (Å²) in [5.41, 5.74) is -0.806. The van der Waals surface area contributed by atoms with Crippen LogP contribution < -0.4 is 10.6 Å². The largest absolute Gasteiger partial charge is 0.451 e. The molecule has 0 bridgehead atoms. The first-order chi connectivity index (χ1) is 17.3. The average molecular weight is 507 g/mol. The fourth-order valence-electron chi connectivity index (χ4n) is 4.91. The Bertz CT molecular complexity index is 1390. The number of carbonyl (C=O) groups excluding carboxylic acids is 2. The topological polar surface area (TPSA) is 137 Å². The van der Waals surface area contributed by atoms with Crippen molar-refractivity contribution >= 4 is 34.1 Å². The lowest BCUT2D eigenvalue weighted by Crippen LogP contribution is -2.61. The van der Waals surface area contributed by atoms with Crippen LogP contribution in [0.3, 0.4) is 0 Å². The maximum absolute atomic E-state index is 13.3. The number of rotatable bonds is 6. The highest BCUT2D eigenvalue weighted by Gasteiger charge is 2.50. The fourth-order valence-corrected chi connectivity index (χ4v) is 5.81. The lowest BCUT2D eigenvalue weighted by molar-refractivity contribution is -0.184. The standard InChI is InChI=1S/C26H26N4O5S/c27-13-24(8-9-24)30-22(32)25(6-2-1-3-7-25)29-21(31)20-11-17-5-4-16(10-19(17)35-20)18-12-36-23(28-18)26(33)14-34-15-26/h4-5,10-12,33H,1-3,6-9,14-15H2,(H,29,31)(H,30,32). The molecule has 0 spiro atoms. The number of ether oxygens (including phenoxy) is 1. The van der Waals surface area contributed by atoms with Gasteiger partial charge in [0.1, 0.15) is 21.7 Å². The summed E-state index contributed by atoms with van der Waals surface area (Å²) < 4.78 is 11.0. The Morgan fingerprint density at radius 2 is 1.86 bits per heavy atom. The first kappa shape index (κ1) is 23.2. The zero-order chi connectivity index (χ0) is 25.0. The van der Waals surface area contributed by atoms with Crippen molar-refractivity contribution in [3.05, 3.63) is 40.4 Å². The number of hydrogen-bond acceptors (Lipinski definition) is 8. The number of nitriles is 1. The molecule has 36 heavy (non-hydrogen) atoms. The van der Waals surface area contributed by atoms with Crippen molar-refractivity contribution < 1.29 is 23.8 Å². The Balaban J connectivity index is 1.23. The molecule has 0 radical (unpaired) electrons. The van der Waals surface area contributed by atoms with Gasteiger partial charge in [0.2, 0.25) is 5.91 Å². The number of carbonyl (C=O) groups is 2. The molecule has 0 atom stereocenters. The minimum atomic E-state index is -1.05.